The minimum Gasteiger partial charge on any atom is -0.465 e. The highest BCUT2D eigenvalue weighted by Gasteiger charge is 2.60. The monoisotopic (exact) mass is 323 g/mol. The number of ether oxygens (including phenoxy) is 2. The summed E-state index contributed by atoms with van der Waals surface area (Å²) >= 11 is 0. The van der Waals surface area contributed by atoms with Crippen molar-refractivity contribution < 1.29 is 23.9 Å². The van der Waals surface area contributed by atoms with Crippen LogP contribution in [0.4, 0.5) is 0 Å². The van der Waals surface area contributed by atoms with Crippen molar-refractivity contribution in [3.63, 3.8) is 0 Å². The minimum atomic E-state index is -1.30. The van der Waals surface area contributed by atoms with Crippen LogP contribution < -0.4 is 0 Å². The van der Waals surface area contributed by atoms with Gasteiger partial charge in [0.2, 0.25) is 0 Å². The second-order valence-corrected chi connectivity index (χ2v) is 6.74. The Hall–Kier alpha value is -1.43. The lowest BCUT2D eigenvalue weighted by atomic mass is 9.67. The van der Waals surface area contributed by atoms with E-state index >= 15 is 0 Å². The van der Waals surface area contributed by atoms with Crippen LogP contribution in [-0.2, 0) is 23.9 Å². The molecule has 0 aromatic heterocycles. The van der Waals surface area contributed by atoms with Crippen LogP contribution in [-0.4, -0.2) is 54.5 Å². The topological polar surface area (TPSA) is 72.9 Å². The van der Waals surface area contributed by atoms with E-state index in [9.17, 15) is 14.4 Å². The zero-order valence-electron chi connectivity index (χ0n) is 13.9. The summed E-state index contributed by atoms with van der Waals surface area (Å²) in [6.45, 7) is 4.83. The van der Waals surface area contributed by atoms with Gasteiger partial charge in [0.15, 0.2) is 11.2 Å². The van der Waals surface area contributed by atoms with E-state index in [1.165, 1.54) is 0 Å². The Balaban J connectivity index is 1.87. The molecule has 3 fully saturated rings. The van der Waals surface area contributed by atoms with Crippen LogP contribution in [0.5, 0.6) is 0 Å². The summed E-state index contributed by atoms with van der Waals surface area (Å²) in [5, 5.41) is 0. The van der Waals surface area contributed by atoms with Crippen molar-refractivity contribution >= 4 is 17.7 Å². The summed E-state index contributed by atoms with van der Waals surface area (Å²) in [6.07, 6.45) is 3.27. The van der Waals surface area contributed by atoms with Crippen LogP contribution in [0.25, 0.3) is 0 Å². The SMILES string of the molecule is CCOC(=O)C1(C(=O)OCC)CC[C@@H]2[C@H](C1)C(=O)[C@@H]1CCCN21. The van der Waals surface area contributed by atoms with E-state index in [2.05, 4.69) is 4.90 Å². The predicted molar refractivity (Wildman–Crippen MR) is 81.6 cm³/mol. The maximum atomic E-state index is 12.7. The minimum absolute atomic E-state index is 0.00908. The van der Waals surface area contributed by atoms with Crippen LogP contribution in [0.2, 0.25) is 0 Å². The van der Waals surface area contributed by atoms with Crippen molar-refractivity contribution in [1.29, 1.82) is 0 Å². The summed E-state index contributed by atoms with van der Waals surface area (Å²) in [5.41, 5.74) is -1.30. The highest BCUT2D eigenvalue weighted by atomic mass is 16.6. The third-order valence-corrected chi connectivity index (χ3v) is 5.65. The molecule has 0 spiro atoms. The molecule has 2 saturated heterocycles. The molecule has 3 atom stereocenters. The molecule has 1 saturated carbocycles. The number of esters is 2. The summed E-state index contributed by atoms with van der Waals surface area (Å²) < 4.78 is 10.3. The molecule has 0 aromatic carbocycles. The number of carbonyl (C=O) groups excluding carboxylic acids is 3. The van der Waals surface area contributed by atoms with E-state index in [0.29, 0.717) is 12.8 Å². The summed E-state index contributed by atoms with van der Waals surface area (Å²) in [4.78, 5) is 40.1. The molecule has 0 aromatic rings. The zero-order chi connectivity index (χ0) is 16.6. The van der Waals surface area contributed by atoms with E-state index in [-0.39, 0.29) is 43.4 Å². The Morgan fingerprint density at radius 2 is 1.83 bits per heavy atom. The molecular formula is C17H25NO5. The Morgan fingerprint density at radius 1 is 1.17 bits per heavy atom. The van der Waals surface area contributed by atoms with Gasteiger partial charge in [0.1, 0.15) is 0 Å². The standard InChI is InChI=1S/C17H25NO5/c1-3-22-15(20)17(16(21)23-4-2)8-7-12-11(10-17)14(19)13-6-5-9-18(12)13/h11-13H,3-10H2,1-2H3/t11-,12+,13-/m0/s1. The highest BCUT2D eigenvalue weighted by Crippen LogP contribution is 2.49. The third kappa shape index (κ3) is 2.47. The molecule has 1 aliphatic carbocycles. The van der Waals surface area contributed by atoms with E-state index in [1.807, 2.05) is 0 Å². The van der Waals surface area contributed by atoms with Crippen molar-refractivity contribution in [1.82, 2.24) is 4.90 Å². The first-order valence-corrected chi connectivity index (χ1v) is 8.69. The van der Waals surface area contributed by atoms with Gasteiger partial charge in [0.25, 0.3) is 0 Å². The number of rotatable bonds is 4. The number of ketones is 1. The lowest BCUT2D eigenvalue weighted by Crippen LogP contribution is -2.50. The van der Waals surface area contributed by atoms with E-state index in [0.717, 1.165) is 19.4 Å². The van der Waals surface area contributed by atoms with Gasteiger partial charge >= 0.3 is 11.9 Å². The fourth-order valence-electron chi connectivity index (χ4n) is 4.63. The van der Waals surface area contributed by atoms with Crippen molar-refractivity contribution in [2.45, 2.75) is 58.0 Å². The second kappa shape index (κ2) is 6.23. The normalized spacial score (nSPS) is 32.3. The maximum absolute atomic E-state index is 12.7. The smallest absolute Gasteiger partial charge is 0.323 e. The molecule has 6 nitrogen and oxygen atoms in total. The fourth-order valence-corrected chi connectivity index (χ4v) is 4.63. The number of nitrogens with zero attached hydrogens (tertiary/aromatic N) is 1. The molecule has 128 valence electrons. The third-order valence-electron chi connectivity index (χ3n) is 5.65. The lowest BCUT2D eigenvalue weighted by molar-refractivity contribution is -0.176. The van der Waals surface area contributed by atoms with Crippen LogP contribution >= 0.6 is 0 Å². The summed E-state index contributed by atoms with van der Waals surface area (Å²) in [5.74, 6) is -1.11. The van der Waals surface area contributed by atoms with Crippen LogP contribution in [0.3, 0.4) is 0 Å². The van der Waals surface area contributed by atoms with Gasteiger partial charge in [-0.3, -0.25) is 19.3 Å². The fraction of sp³-hybridized carbons (Fsp3) is 0.824. The van der Waals surface area contributed by atoms with Gasteiger partial charge in [-0.25, -0.2) is 0 Å². The van der Waals surface area contributed by atoms with Crippen LogP contribution in [0.1, 0.15) is 46.0 Å². The number of carbonyl (C=O) groups is 3. The Bertz CT molecular complexity index is 499. The van der Waals surface area contributed by atoms with Crippen molar-refractivity contribution in [2.75, 3.05) is 19.8 Å². The molecule has 0 amide bonds. The van der Waals surface area contributed by atoms with Gasteiger partial charge in [0.05, 0.1) is 19.3 Å². The molecule has 2 heterocycles. The van der Waals surface area contributed by atoms with Gasteiger partial charge in [-0.1, -0.05) is 0 Å². The van der Waals surface area contributed by atoms with Gasteiger partial charge in [-0.15, -0.1) is 0 Å². The molecule has 6 heteroatoms. The van der Waals surface area contributed by atoms with Crippen molar-refractivity contribution in [3.8, 4) is 0 Å². The van der Waals surface area contributed by atoms with E-state index in [1.54, 1.807) is 13.8 Å². The number of hydrogen-bond acceptors (Lipinski definition) is 6. The average Bonchev–Trinajstić information content (AvgIpc) is 3.11. The first-order chi connectivity index (χ1) is 11.0. The first kappa shape index (κ1) is 16.4. The molecule has 2 aliphatic heterocycles. The number of fused-ring (bicyclic) bond motifs is 3. The van der Waals surface area contributed by atoms with Gasteiger partial charge in [0, 0.05) is 12.0 Å². The first-order valence-electron chi connectivity index (χ1n) is 8.69. The lowest BCUT2D eigenvalue weighted by Gasteiger charge is -2.39. The number of hydrogen-bond donors (Lipinski definition) is 0. The summed E-state index contributed by atoms with van der Waals surface area (Å²) in [7, 11) is 0. The Morgan fingerprint density at radius 3 is 2.43 bits per heavy atom. The van der Waals surface area contributed by atoms with Gasteiger partial charge in [-0.2, -0.15) is 0 Å². The molecular weight excluding hydrogens is 298 g/mol. The maximum Gasteiger partial charge on any atom is 0.323 e. The van der Waals surface area contributed by atoms with Gasteiger partial charge < -0.3 is 9.47 Å². The average molecular weight is 323 g/mol. The molecule has 0 bridgehead atoms. The quantitative estimate of drug-likeness (QED) is 0.574. The van der Waals surface area contributed by atoms with E-state index < -0.39 is 17.4 Å². The van der Waals surface area contributed by atoms with Crippen molar-refractivity contribution in [3.05, 3.63) is 0 Å². The Kier molecular flexibility index (Phi) is 4.45. The second-order valence-electron chi connectivity index (χ2n) is 6.74. The van der Waals surface area contributed by atoms with E-state index in [4.69, 9.17) is 9.47 Å². The highest BCUT2D eigenvalue weighted by molar-refractivity contribution is 6.01. The zero-order valence-corrected chi connectivity index (χ0v) is 13.9. The number of Topliss-reactive ketones (excluding diaryl/α,β-unsaturated/α-hetero) is 1. The predicted octanol–water partition coefficient (Wildman–Crippen LogP) is 1.31. The molecule has 23 heavy (non-hydrogen) atoms. The van der Waals surface area contributed by atoms with Crippen molar-refractivity contribution in [2.24, 2.45) is 11.3 Å². The molecule has 0 radical (unpaired) electrons. The largest absolute Gasteiger partial charge is 0.465 e. The van der Waals surface area contributed by atoms with Crippen LogP contribution in [0.15, 0.2) is 0 Å². The Labute approximate surface area is 136 Å². The molecule has 3 aliphatic rings. The molecule has 0 unspecified atom stereocenters. The van der Waals surface area contributed by atoms with Gasteiger partial charge in [-0.05, 0) is 52.5 Å². The van der Waals surface area contributed by atoms with Crippen LogP contribution in [0, 0.1) is 11.3 Å². The molecule has 3 rings (SSSR count). The molecule has 0 N–H and O–H groups in total. The summed E-state index contributed by atoms with van der Waals surface area (Å²) in [6, 6.07) is 0.164.